The van der Waals surface area contributed by atoms with Crippen LogP contribution in [0, 0.1) is 10.1 Å². The molecule has 1 fully saturated rings. The fraction of sp³-hybridized carbons (Fsp3) is 0.219. The Bertz CT molecular complexity index is 1640. The molecule has 0 atom stereocenters. The first-order chi connectivity index (χ1) is 19.9. The molecule has 6 rings (SSSR count). The predicted molar refractivity (Wildman–Crippen MR) is 158 cm³/mol. The number of pyridine rings is 1. The minimum absolute atomic E-state index is 0.0437. The topological polar surface area (TPSA) is 99.9 Å². The number of non-ortho nitro benzene ring substituents is 1. The van der Waals surface area contributed by atoms with E-state index >= 15 is 0 Å². The third-order valence-corrected chi connectivity index (χ3v) is 7.68. The van der Waals surface area contributed by atoms with Gasteiger partial charge in [-0.2, -0.15) is 0 Å². The molecule has 4 aromatic rings. The lowest BCUT2D eigenvalue weighted by Crippen LogP contribution is -2.49. The van der Waals surface area contributed by atoms with Crippen LogP contribution in [0.3, 0.4) is 0 Å². The lowest BCUT2D eigenvalue weighted by Gasteiger charge is -2.36. The number of carbonyl (C=O) groups is 2. The van der Waals surface area contributed by atoms with Crippen LogP contribution >= 0.6 is 0 Å². The lowest BCUT2D eigenvalue weighted by molar-refractivity contribution is -0.384. The van der Waals surface area contributed by atoms with Gasteiger partial charge in [-0.25, -0.2) is 4.98 Å². The molecule has 0 aliphatic carbocycles. The van der Waals surface area contributed by atoms with E-state index in [4.69, 9.17) is 0 Å². The molecule has 1 aromatic heterocycles. The Morgan fingerprint density at radius 2 is 1.68 bits per heavy atom. The Morgan fingerprint density at radius 3 is 2.41 bits per heavy atom. The molecule has 9 nitrogen and oxygen atoms in total. The zero-order valence-electron chi connectivity index (χ0n) is 22.5. The van der Waals surface area contributed by atoms with Gasteiger partial charge in [0.05, 0.1) is 16.9 Å². The van der Waals surface area contributed by atoms with Gasteiger partial charge in [0.1, 0.15) is 5.69 Å². The number of anilines is 1. The number of nitro groups is 1. The lowest BCUT2D eigenvalue weighted by atomic mass is 10.1. The van der Waals surface area contributed by atoms with Crippen molar-refractivity contribution in [1.82, 2.24) is 14.8 Å². The molecule has 9 heteroatoms. The van der Waals surface area contributed by atoms with E-state index in [9.17, 15) is 19.7 Å². The number of piperazine rings is 1. The van der Waals surface area contributed by atoms with Gasteiger partial charge in [-0.3, -0.25) is 19.7 Å². The van der Waals surface area contributed by atoms with Crippen LogP contribution in [0.2, 0.25) is 0 Å². The molecule has 0 saturated carbocycles. The fourth-order valence-corrected chi connectivity index (χ4v) is 5.39. The van der Waals surface area contributed by atoms with Crippen LogP contribution < -0.4 is 4.90 Å². The molecule has 0 radical (unpaired) electrons. The van der Waals surface area contributed by atoms with Crippen molar-refractivity contribution in [1.29, 1.82) is 0 Å². The molecule has 206 valence electrons. The average Bonchev–Trinajstić information content (AvgIpc) is 3.30. The number of fused-ring (bicyclic) bond motifs is 2. The number of rotatable bonds is 7. The van der Waals surface area contributed by atoms with Crippen LogP contribution in [-0.2, 0) is 17.8 Å². The first-order valence-corrected chi connectivity index (χ1v) is 13.7. The highest BCUT2D eigenvalue weighted by molar-refractivity contribution is 5.99. The Kier molecular flexibility index (Phi) is 7.16. The van der Waals surface area contributed by atoms with Gasteiger partial charge in [0.2, 0.25) is 5.91 Å². The first-order valence-electron chi connectivity index (χ1n) is 13.7. The monoisotopic (exact) mass is 547 g/mol. The molecule has 0 N–H and O–H groups in total. The van der Waals surface area contributed by atoms with E-state index in [1.165, 1.54) is 12.1 Å². The second kappa shape index (κ2) is 11.2. The summed E-state index contributed by atoms with van der Waals surface area (Å²) in [5.41, 5.74) is 5.29. The molecule has 3 heterocycles. The summed E-state index contributed by atoms with van der Waals surface area (Å²) in [4.78, 5) is 46.6. The van der Waals surface area contributed by atoms with Gasteiger partial charge in [-0.05, 0) is 35.4 Å². The quantitative estimate of drug-likeness (QED) is 0.246. The largest absolute Gasteiger partial charge is 0.368 e. The number of benzene rings is 3. The summed E-state index contributed by atoms with van der Waals surface area (Å²) in [5, 5.41) is 11.9. The summed E-state index contributed by atoms with van der Waals surface area (Å²) in [6.07, 6.45) is 4.31. The number of hydrogen-bond donors (Lipinski definition) is 0. The van der Waals surface area contributed by atoms with Crippen LogP contribution in [0.25, 0.3) is 17.0 Å². The van der Waals surface area contributed by atoms with Gasteiger partial charge in [-0.1, -0.05) is 54.6 Å². The fourth-order valence-electron chi connectivity index (χ4n) is 5.39. The number of aromatic nitrogens is 1. The van der Waals surface area contributed by atoms with E-state index in [0.29, 0.717) is 51.4 Å². The van der Waals surface area contributed by atoms with Crippen molar-refractivity contribution in [2.75, 3.05) is 37.6 Å². The minimum atomic E-state index is -0.404. The van der Waals surface area contributed by atoms with Crippen molar-refractivity contribution in [3.05, 3.63) is 117 Å². The maximum atomic E-state index is 12.9. The number of amides is 2. The third-order valence-electron chi connectivity index (χ3n) is 7.68. The zero-order chi connectivity index (χ0) is 28.3. The summed E-state index contributed by atoms with van der Waals surface area (Å²) < 4.78 is 0. The highest BCUT2D eigenvalue weighted by atomic mass is 16.6. The molecular weight excluding hydrogens is 518 g/mol. The Morgan fingerprint density at radius 1 is 0.951 bits per heavy atom. The number of carbonyl (C=O) groups excluding carboxylic acids is 2. The van der Waals surface area contributed by atoms with E-state index in [0.717, 1.165) is 33.3 Å². The Labute approximate surface area is 237 Å². The van der Waals surface area contributed by atoms with Gasteiger partial charge >= 0.3 is 0 Å². The van der Waals surface area contributed by atoms with E-state index in [1.807, 2.05) is 65.6 Å². The smallest absolute Gasteiger partial charge is 0.273 e. The first kappa shape index (κ1) is 26.2. The number of nitro benzene ring substituents is 1. The second-order valence-corrected chi connectivity index (χ2v) is 10.3. The maximum Gasteiger partial charge on any atom is 0.273 e. The van der Waals surface area contributed by atoms with Crippen LogP contribution in [-0.4, -0.2) is 64.2 Å². The Hall–Kier alpha value is -5.05. The van der Waals surface area contributed by atoms with Gasteiger partial charge in [-0.15, -0.1) is 0 Å². The molecule has 2 aliphatic heterocycles. The standard InChI is InChI=1S/C32H29N5O4/c38-30(35-18-16-34(17-19-35)27-11-13-28(14-12-27)37(40)41)20-24-9-7-23(8-10-24)4-3-15-36-22-26-21-25-5-1-2-6-29(25)33-31(26)32(36)39/h1-14,21H,15-20,22H2/b4-3+. The zero-order valence-corrected chi connectivity index (χ0v) is 22.5. The summed E-state index contributed by atoms with van der Waals surface area (Å²) in [6, 6.07) is 24.3. The highest BCUT2D eigenvalue weighted by Gasteiger charge is 2.28. The van der Waals surface area contributed by atoms with Crippen molar-refractivity contribution in [2.45, 2.75) is 13.0 Å². The van der Waals surface area contributed by atoms with Crippen LogP contribution in [0.5, 0.6) is 0 Å². The van der Waals surface area contributed by atoms with E-state index in [2.05, 4.69) is 16.0 Å². The number of nitrogens with zero attached hydrogens (tertiary/aromatic N) is 5. The summed E-state index contributed by atoms with van der Waals surface area (Å²) in [6.45, 7) is 3.65. The SMILES string of the molecule is O=C(Cc1ccc(/C=C/CN2Cc3cc4ccccc4nc3C2=O)cc1)N1CCN(c2ccc([N+](=O)[O-])cc2)CC1. The van der Waals surface area contributed by atoms with Gasteiger partial charge in [0.15, 0.2) is 0 Å². The van der Waals surface area contributed by atoms with Crippen molar-refractivity contribution in [3.8, 4) is 0 Å². The third kappa shape index (κ3) is 5.65. The number of para-hydroxylation sites is 1. The van der Waals surface area contributed by atoms with Crippen molar-refractivity contribution in [3.63, 3.8) is 0 Å². The van der Waals surface area contributed by atoms with Crippen molar-refractivity contribution >= 4 is 40.2 Å². The minimum Gasteiger partial charge on any atom is -0.368 e. The number of hydrogen-bond acceptors (Lipinski definition) is 6. The summed E-state index contributed by atoms with van der Waals surface area (Å²) in [5.74, 6) is 0.0443. The normalized spacial score (nSPS) is 15.1. The average molecular weight is 548 g/mol. The molecule has 0 bridgehead atoms. The van der Waals surface area contributed by atoms with E-state index in [1.54, 1.807) is 17.0 Å². The molecule has 2 amide bonds. The maximum absolute atomic E-state index is 12.9. The van der Waals surface area contributed by atoms with Crippen molar-refractivity contribution in [2.24, 2.45) is 0 Å². The molecular formula is C32H29N5O4. The van der Waals surface area contributed by atoms with Gasteiger partial charge in [0.25, 0.3) is 11.6 Å². The van der Waals surface area contributed by atoms with E-state index in [-0.39, 0.29) is 17.5 Å². The molecule has 41 heavy (non-hydrogen) atoms. The summed E-state index contributed by atoms with van der Waals surface area (Å²) >= 11 is 0. The Balaban J connectivity index is 0.985. The highest BCUT2D eigenvalue weighted by Crippen LogP contribution is 2.25. The second-order valence-electron chi connectivity index (χ2n) is 10.3. The predicted octanol–water partition coefficient (Wildman–Crippen LogP) is 4.70. The van der Waals surface area contributed by atoms with Crippen LogP contribution in [0.4, 0.5) is 11.4 Å². The van der Waals surface area contributed by atoms with E-state index < -0.39 is 4.92 Å². The molecule has 0 unspecified atom stereocenters. The van der Waals surface area contributed by atoms with Crippen molar-refractivity contribution < 1.29 is 14.5 Å². The van der Waals surface area contributed by atoms with Gasteiger partial charge in [0, 0.05) is 68.0 Å². The molecule has 2 aliphatic rings. The molecule has 0 spiro atoms. The molecule has 1 saturated heterocycles. The van der Waals surface area contributed by atoms with Crippen LogP contribution in [0.1, 0.15) is 27.2 Å². The molecule has 3 aromatic carbocycles. The summed E-state index contributed by atoms with van der Waals surface area (Å²) in [7, 11) is 0. The van der Waals surface area contributed by atoms with Gasteiger partial charge < -0.3 is 14.7 Å². The van der Waals surface area contributed by atoms with Crippen LogP contribution in [0.15, 0.2) is 84.9 Å².